The van der Waals surface area contributed by atoms with Crippen LogP contribution in [0, 0.1) is 0 Å². The van der Waals surface area contributed by atoms with Gasteiger partial charge in [-0.2, -0.15) is 0 Å². The number of carbonyl (C=O) groups is 2. The van der Waals surface area contributed by atoms with Crippen LogP contribution in [0.5, 0.6) is 0 Å². The number of unbranched alkanes of at least 4 members (excludes halogenated alkanes) is 23. The molecular weight excluding hydrogens is 765 g/mol. The van der Waals surface area contributed by atoms with Crippen molar-refractivity contribution in [3.8, 4) is 0 Å². The Labute approximate surface area is 360 Å². The van der Waals surface area contributed by atoms with Gasteiger partial charge in [-0.05, 0) is 70.6 Å². The topological polar surface area (TPSA) is 155 Å². The molecule has 0 aliphatic rings. The van der Waals surface area contributed by atoms with Gasteiger partial charge < -0.3 is 25.2 Å². The van der Waals surface area contributed by atoms with Crippen LogP contribution in [0.25, 0.3) is 0 Å². The molecule has 3 atom stereocenters. The molecule has 11 heteroatoms. The number of esters is 1. The summed E-state index contributed by atoms with van der Waals surface area (Å²) in [6.45, 7) is 3.79. The van der Waals surface area contributed by atoms with Gasteiger partial charge in [0.05, 0.1) is 19.8 Å². The summed E-state index contributed by atoms with van der Waals surface area (Å²) >= 11 is 0. The summed E-state index contributed by atoms with van der Waals surface area (Å²) in [6, 6.07) is -1.48. The van der Waals surface area contributed by atoms with Crippen molar-refractivity contribution in [3.05, 3.63) is 48.6 Å². The second-order valence-electron chi connectivity index (χ2n) is 15.9. The fraction of sp³-hybridized carbons (Fsp3) is 0.792. The maximum atomic E-state index is 12.7. The molecule has 0 aromatic carbocycles. The molecular formula is C48H88NO9P. The lowest BCUT2D eigenvalue weighted by atomic mass is 10.0. The fourth-order valence-corrected chi connectivity index (χ4v) is 7.16. The molecule has 10 nitrogen and oxygen atoms in total. The monoisotopic (exact) mass is 854 g/mol. The summed E-state index contributed by atoms with van der Waals surface area (Å²) in [5.41, 5.74) is 5.36. The Bertz CT molecular complexity index is 1130. The molecule has 0 aromatic heterocycles. The summed E-state index contributed by atoms with van der Waals surface area (Å²) in [5.74, 6) is -1.78. The average molecular weight is 854 g/mol. The van der Waals surface area contributed by atoms with E-state index in [-0.39, 0.29) is 13.0 Å². The van der Waals surface area contributed by atoms with Gasteiger partial charge in [0, 0.05) is 13.0 Å². The standard InChI is InChI=1S/C48H88NO9P/c1-3-5-7-9-11-13-15-17-19-20-21-22-23-24-25-26-27-28-30-32-34-36-38-40-47(50)58-45(43-56-59(53,54)57-44-46(49)48(51)52)42-55-41-39-37-35-33-31-29-18-16-14-12-10-8-6-4-2/h8,10,14-17,20-21,45-46H,3-7,9,11-13,18-19,22-44,49H2,1-2H3,(H,51,52)(H,53,54)/b10-8-,16-14-,17-15-,21-20-. The van der Waals surface area contributed by atoms with E-state index in [0.717, 1.165) is 64.2 Å². The summed E-state index contributed by atoms with van der Waals surface area (Å²) in [4.78, 5) is 33.6. The number of ether oxygens (including phenoxy) is 2. The van der Waals surface area contributed by atoms with Crippen LogP contribution in [0.1, 0.15) is 206 Å². The molecule has 3 unspecified atom stereocenters. The molecule has 0 fully saturated rings. The minimum atomic E-state index is -4.62. The number of aliphatic carboxylic acids is 1. The number of carboxylic acid groups (broad SMARTS) is 1. The smallest absolute Gasteiger partial charge is 0.472 e. The number of allylic oxidation sites excluding steroid dienone is 8. The third-order valence-corrected chi connectivity index (χ3v) is 11.0. The number of hydrogen-bond donors (Lipinski definition) is 3. The molecule has 0 spiro atoms. The third kappa shape index (κ3) is 43.8. The highest BCUT2D eigenvalue weighted by atomic mass is 31.2. The second-order valence-corrected chi connectivity index (χ2v) is 17.3. The first-order valence-electron chi connectivity index (χ1n) is 23.7. The highest BCUT2D eigenvalue weighted by molar-refractivity contribution is 7.47. The minimum absolute atomic E-state index is 0.00854. The lowest BCUT2D eigenvalue weighted by Crippen LogP contribution is -2.34. The number of hydrogen-bond acceptors (Lipinski definition) is 8. The van der Waals surface area contributed by atoms with Gasteiger partial charge in [-0.25, -0.2) is 4.57 Å². The molecule has 0 aromatic rings. The molecule has 0 amide bonds. The van der Waals surface area contributed by atoms with Crippen molar-refractivity contribution in [2.45, 2.75) is 219 Å². The Hall–Kier alpha value is -2.07. The molecule has 0 heterocycles. The maximum absolute atomic E-state index is 12.7. The highest BCUT2D eigenvalue weighted by Gasteiger charge is 2.27. The van der Waals surface area contributed by atoms with Crippen molar-refractivity contribution in [1.29, 1.82) is 0 Å². The van der Waals surface area contributed by atoms with Gasteiger partial charge in [-0.15, -0.1) is 0 Å². The van der Waals surface area contributed by atoms with Crippen molar-refractivity contribution >= 4 is 19.8 Å². The van der Waals surface area contributed by atoms with Gasteiger partial charge in [-0.3, -0.25) is 18.6 Å². The average Bonchev–Trinajstić information content (AvgIpc) is 3.21. The Balaban J connectivity index is 4.15. The number of phosphoric acid groups is 1. The van der Waals surface area contributed by atoms with E-state index in [1.807, 2.05) is 0 Å². The largest absolute Gasteiger partial charge is 0.480 e. The number of nitrogens with two attached hydrogens (primary N) is 1. The maximum Gasteiger partial charge on any atom is 0.472 e. The number of phosphoric ester groups is 1. The molecule has 4 N–H and O–H groups in total. The van der Waals surface area contributed by atoms with Crippen LogP contribution in [0.3, 0.4) is 0 Å². The van der Waals surface area contributed by atoms with E-state index in [1.165, 1.54) is 116 Å². The molecule has 0 aliphatic heterocycles. The number of carbonyl (C=O) groups excluding carboxylic acids is 1. The van der Waals surface area contributed by atoms with Gasteiger partial charge >= 0.3 is 19.8 Å². The Morgan fingerprint density at radius 3 is 1.44 bits per heavy atom. The summed E-state index contributed by atoms with van der Waals surface area (Å²) in [5, 5.41) is 8.91. The predicted molar refractivity (Wildman–Crippen MR) is 244 cm³/mol. The van der Waals surface area contributed by atoms with Crippen molar-refractivity contribution < 1.29 is 42.7 Å². The summed E-state index contributed by atoms with van der Waals surface area (Å²) in [7, 11) is -4.62. The van der Waals surface area contributed by atoms with Crippen LogP contribution in [0.15, 0.2) is 48.6 Å². The van der Waals surface area contributed by atoms with Gasteiger partial charge in [-0.1, -0.05) is 178 Å². The Kier molecular flexibility index (Phi) is 42.5. The highest BCUT2D eigenvalue weighted by Crippen LogP contribution is 2.43. The van der Waals surface area contributed by atoms with Gasteiger partial charge in [0.1, 0.15) is 12.1 Å². The van der Waals surface area contributed by atoms with E-state index in [1.54, 1.807) is 0 Å². The van der Waals surface area contributed by atoms with E-state index in [0.29, 0.717) is 13.0 Å². The summed E-state index contributed by atoms with van der Waals surface area (Å²) in [6.07, 6.45) is 51.6. The van der Waals surface area contributed by atoms with Crippen LogP contribution >= 0.6 is 7.82 Å². The van der Waals surface area contributed by atoms with E-state index in [4.69, 9.17) is 29.4 Å². The molecule has 0 bridgehead atoms. The third-order valence-electron chi connectivity index (χ3n) is 10.1. The van der Waals surface area contributed by atoms with Crippen LogP contribution in [0.4, 0.5) is 0 Å². The van der Waals surface area contributed by atoms with Crippen molar-refractivity contribution in [1.82, 2.24) is 0 Å². The van der Waals surface area contributed by atoms with Gasteiger partial charge in [0.2, 0.25) is 0 Å². The normalized spacial score (nSPS) is 14.2. The lowest BCUT2D eigenvalue weighted by Gasteiger charge is -2.20. The zero-order valence-electron chi connectivity index (χ0n) is 37.6. The van der Waals surface area contributed by atoms with E-state index >= 15 is 0 Å². The zero-order chi connectivity index (χ0) is 43.3. The SMILES string of the molecule is CCC/C=C\C/C=C\CCCCCCCCOCC(COP(=O)(O)OCC(N)C(=O)O)OC(=O)CCCCCCCCCCCCC/C=C\C/C=C\CCCCCCC. The first-order valence-corrected chi connectivity index (χ1v) is 25.2. The molecule has 0 saturated heterocycles. The van der Waals surface area contributed by atoms with Gasteiger partial charge in [0.25, 0.3) is 0 Å². The molecule has 344 valence electrons. The lowest BCUT2D eigenvalue weighted by molar-refractivity contribution is -0.154. The van der Waals surface area contributed by atoms with Crippen molar-refractivity contribution in [2.24, 2.45) is 5.73 Å². The predicted octanol–water partition coefficient (Wildman–Crippen LogP) is 13.4. The molecule has 0 aliphatic carbocycles. The Morgan fingerprint density at radius 2 is 0.966 bits per heavy atom. The van der Waals surface area contributed by atoms with Crippen molar-refractivity contribution in [3.63, 3.8) is 0 Å². The van der Waals surface area contributed by atoms with Crippen LogP contribution in [-0.2, 0) is 32.7 Å². The number of rotatable bonds is 45. The summed E-state index contributed by atoms with van der Waals surface area (Å²) < 4.78 is 33.4. The van der Waals surface area contributed by atoms with Crippen LogP contribution < -0.4 is 5.73 Å². The molecule has 59 heavy (non-hydrogen) atoms. The van der Waals surface area contributed by atoms with E-state index in [9.17, 15) is 19.0 Å². The molecule has 0 radical (unpaired) electrons. The van der Waals surface area contributed by atoms with Gasteiger partial charge in [0.15, 0.2) is 0 Å². The van der Waals surface area contributed by atoms with E-state index in [2.05, 4.69) is 62.5 Å². The van der Waals surface area contributed by atoms with Crippen LogP contribution in [0.2, 0.25) is 0 Å². The second kappa shape index (κ2) is 44.0. The quantitative estimate of drug-likeness (QED) is 0.0233. The molecule has 0 rings (SSSR count). The number of carboxylic acids is 1. The fourth-order valence-electron chi connectivity index (χ4n) is 6.38. The first-order chi connectivity index (χ1) is 28.7. The molecule has 0 saturated carbocycles. The van der Waals surface area contributed by atoms with Crippen LogP contribution in [-0.4, -0.2) is 60.5 Å². The van der Waals surface area contributed by atoms with E-state index < -0.39 is 45.1 Å². The Morgan fingerprint density at radius 1 is 0.542 bits per heavy atom. The minimum Gasteiger partial charge on any atom is -0.480 e. The van der Waals surface area contributed by atoms with Crippen molar-refractivity contribution in [2.75, 3.05) is 26.4 Å². The first kappa shape index (κ1) is 56.9. The zero-order valence-corrected chi connectivity index (χ0v) is 38.5.